The molecule has 0 atom stereocenters. The molecule has 0 unspecified atom stereocenters. The molecule has 1 aromatic carbocycles. The first kappa shape index (κ1) is 12.0. The topological polar surface area (TPSA) is 21.3 Å². The minimum absolute atomic E-state index is 0.890. The van der Waals surface area contributed by atoms with Gasteiger partial charge in [0.15, 0.2) is 0 Å². The van der Waals surface area contributed by atoms with E-state index < -0.39 is 0 Å². The van der Waals surface area contributed by atoms with Gasteiger partial charge in [-0.2, -0.15) is 0 Å². The Bertz CT molecular complexity index is 396. The highest BCUT2D eigenvalue weighted by Crippen LogP contribution is 2.27. The van der Waals surface area contributed by atoms with E-state index in [0.717, 1.165) is 18.3 Å². The Labute approximate surface area is 110 Å². The Morgan fingerprint density at radius 1 is 1.22 bits per heavy atom. The van der Waals surface area contributed by atoms with Gasteiger partial charge in [-0.05, 0) is 74.7 Å². The SMILES string of the molecule is c1cc2c(cc1CCC1CCNCC1)CCCO2. The number of aryl methyl sites for hydroxylation is 2. The van der Waals surface area contributed by atoms with Gasteiger partial charge < -0.3 is 10.1 Å². The summed E-state index contributed by atoms with van der Waals surface area (Å²) in [4.78, 5) is 0. The number of rotatable bonds is 3. The summed E-state index contributed by atoms with van der Waals surface area (Å²) in [6.45, 7) is 3.31. The van der Waals surface area contributed by atoms with Crippen LogP contribution in [0.4, 0.5) is 0 Å². The van der Waals surface area contributed by atoms with Crippen LogP contribution in [0.3, 0.4) is 0 Å². The lowest BCUT2D eigenvalue weighted by molar-refractivity contribution is 0.288. The zero-order valence-electron chi connectivity index (χ0n) is 11.1. The summed E-state index contributed by atoms with van der Waals surface area (Å²) in [5.41, 5.74) is 2.92. The maximum atomic E-state index is 5.66. The average Bonchev–Trinajstić information content (AvgIpc) is 2.46. The predicted octanol–water partition coefficient (Wildman–Crippen LogP) is 2.94. The highest BCUT2D eigenvalue weighted by Gasteiger charge is 2.14. The zero-order valence-corrected chi connectivity index (χ0v) is 11.1. The number of benzene rings is 1. The van der Waals surface area contributed by atoms with Crippen LogP contribution in [0.25, 0.3) is 0 Å². The molecule has 0 amide bonds. The summed E-state index contributed by atoms with van der Waals surface area (Å²) in [6, 6.07) is 6.80. The fourth-order valence-corrected chi connectivity index (χ4v) is 3.11. The van der Waals surface area contributed by atoms with E-state index in [4.69, 9.17) is 4.74 Å². The van der Waals surface area contributed by atoms with Gasteiger partial charge in [0, 0.05) is 0 Å². The van der Waals surface area contributed by atoms with Crippen LogP contribution in [0, 0.1) is 5.92 Å². The molecule has 98 valence electrons. The first-order chi connectivity index (χ1) is 8.92. The van der Waals surface area contributed by atoms with Crippen LogP contribution >= 0.6 is 0 Å². The van der Waals surface area contributed by atoms with Crippen molar-refractivity contribution in [2.75, 3.05) is 19.7 Å². The summed E-state index contributed by atoms with van der Waals surface area (Å²) in [7, 11) is 0. The van der Waals surface area contributed by atoms with E-state index in [1.807, 2.05) is 0 Å². The van der Waals surface area contributed by atoms with Crippen molar-refractivity contribution in [1.82, 2.24) is 5.32 Å². The van der Waals surface area contributed by atoms with E-state index >= 15 is 0 Å². The zero-order chi connectivity index (χ0) is 12.2. The molecule has 1 N–H and O–H groups in total. The molecule has 2 heterocycles. The van der Waals surface area contributed by atoms with Crippen LogP contribution in [-0.4, -0.2) is 19.7 Å². The van der Waals surface area contributed by atoms with Crippen molar-refractivity contribution in [2.45, 2.75) is 38.5 Å². The Balaban J connectivity index is 1.58. The van der Waals surface area contributed by atoms with Gasteiger partial charge in [-0.3, -0.25) is 0 Å². The van der Waals surface area contributed by atoms with Crippen molar-refractivity contribution < 1.29 is 4.74 Å². The second-order valence-electron chi connectivity index (χ2n) is 5.63. The number of hydrogen-bond donors (Lipinski definition) is 1. The Morgan fingerprint density at radius 2 is 2.11 bits per heavy atom. The molecule has 0 aromatic heterocycles. The van der Waals surface area contributed by atoms with Gasteiger partial charge in [0.1, 0.15) is 5.75 Å². The van der Waals surface area contributed by atoms with E-state index in [-0.39, 0.29) is 0 Å². The van der Waals surface area contributed by atoms with Crippen LogP contribution in [0.15, 0.2) is 18.2 Å². The average molecular weight is 245 g/mol. The Morgan fingerprint density at radius 3 is 3.00 bits per heavy atom. The lowest BCUT2D eigenvalue weighted by Gasteiger charge is -2.23. The summed E-state index contributed by atoms with van der Waals surface area (Å²) in [6.07, 6.45) is 7.66. The van der Waals surface area contributed by atoms with E-state index in [2.05, 4.69) is 23.5 Å². The van der Waals surface area contributed by atoms with Crippen molar-refractivity contribution in [2.24, 2.45) is 5.92 Å². The molecule has 0 aliphatic carbocycles. The van der Waals surface area contributed by atoms with Crippen LogP contribution < -0.4 is 10.1 Å². The lowest BCUT2D eigenvalue weighted by Crippen LogP contribution is -2.27. The second-order valence-corrected chi connectivity index (χ2v) is 5.63. The molecule has 1 aromatic rings. The molecule has 0 saturated carbocycles. The van der Waals surface area contributed by atoms with Crippen LogP contribution in [-0.2, 0) is 12.8 Å². The third-order valence-electron chi connectivity index (χ3n) is 4.27. The fourth-order valence-electron chi connectivity index (χ4n) is 3.11. The van der Waals surface area contributed by atoms with Gasteiger partial charge in [0.05, 0.1) is 6.61 Å². The van der Waals surface area contributed by atoms with E-state index in [9.17, 15) is 0 Å². The standard InChI is InChI=1S/C16H23NO/c1-2-15-12-14(5-6-16(15)18-11-1)4-3-13-7-9-17-10-8-13/h5-6,12-13,17H,1-4,7-11H2. The molecular weight excluding hydrogens is 222 g/mol. The molecule has 1 saturated heterocycles. The molecule has 2 heteroatoms. The minimum atomic E-state index is 0.890. The Kier molecular flexibility index (Phi) is 3.84. The van der Waals surface area contributed by atoms with Crippen molar-refractivity contribution >= 4 is 0 Å². The molecule has 0 radical (unpaired) electrons. The molecule has 2 aliphatic heterocycles. The molecule has 0 bridgehead atoms. The summed E-state index contributed by atoms with van der Waals surface area (Å²) >= 11 is 0. The minimum Gasteiger partial charge on any atom is -0.493 e. The van der Waals surface area contributed by atoms with E-state index in [1.54, 1.807) is 0 Å². The van der Waals surface area contributed by atoms with Crippen molar-refractivity contribution in [3.8, 4) is 5.75 Å². The number of ether oxygens (including phenoxy) is 1. The van der Waals surface area contributed by atoms with Crippen molar-refractivity contribution in [3.63, 3.8) is 0 Å². The van der Waals surface area contributed by atoms with Crippen LogP contribution in [0.1, 0.15) is 36.8 Å². The molecule has 2 aliphatic rings. The molecule has 0 spiro atoms. The van der Waals surface area contributed by atoms with Gasteiger partial charge in [-0.15, -0.1) is 0 Å². The summed E-state index contributed by atoms with van der Waals surface area (Å²) in [5.74, 6) is 2.05. The Hall–Kier alpha value is -1.02. The number of nitrogens with one attached hydrogen (secondary N) is 1. The van der Waals surface area contributed by atoms with Crippen molar-refractivity contribution in [1.29, 1.82) is 0 Å². The maximum Gasteiger partial charge on any atom is 0.122 e. The van der Waals surface area contributed by atoms with E-state index in [0.29, 0.717) is 0 Å². The molecule has 2 nitrogen and oxygen atoms in total. The molecule has 18 heavy (non-hydrogen) atoms. The highest BCUT2D eigenvalue weighted by molar-refractivity contribution is 5.38. The maximum absolute atomic E-state index is 5.66. The molecule has 3 rings (SSSR count). The van der Waals surface area contributed by atoms with Gasteiger partial charge >= 0.3 is 0 Å². The molecular formula is C16H23NO. The molecule has 1 fully saturated rings. The van der Waals surface area contributed by atoms with Crippen molar-refractivity contribution in [3.05, 3.63) is 29.3 Å². The largest absolute Gasteiger partial charge is 0.493 e. The van der Waals surface area contributed by atoms with Gasteiger partial charge in [-0.1, -0.05) is 12.1 Å². The lowest BCUT2D eigenvalue weighted by atomic mass is 9.90. The first-order valence-electron chi connectivity index (χ1n) is 7.37. The van der Waals surface area contributed by atoms with Gasteiger partial charge in [0.25, 0.3) is 0 Å². The second kappa shape index (κ2) is 5.75. The van der Waals surface area contributed by atoms with Crippen LogP contribution in [0.5, 0.6) is 5.75 Å². The smallest absolute Gasteiger partial charge is 0.122 e. The third kappa shape index (κ3) is 2.86. The predicted molar refractivity (Wildman–Crippen MR) is 74.2 cm³/mol. The third-order valence-corrected chi connectivity index (χ3v) is 4.27. The monoisotopic (exact) mass is 245 g/mol. The normalized spacial score (nSPS) is 20.2. The first-order valence-corrected chi connectivity index (χ1v) is 7.37. The summed E-state index contributed by atoms with van der Waals surface area (Å²) < 4.78 is 5.66. The van der Waals surface area contributed by atoms with E-state index in [1.165, 1.54) is 62.7 Å². The highest BCUT2D eigenvalue weighted by atomic mass is 16.5. The quantitative estimate of drug-likeness (QED) is 0.884. The summed E-state index contributed by atoms with van der Waals surface area (Å²) in [5, 5.41) is 3.44. The van der Waals surface area contributed by atoms with Gasteiger partial charge in [0.2, 0.25) is 0 Å². The number of piperidine rings is 1. The fraction of sp³-hybridized carbons (Fsp3) is 0.625. The number of hydrogen-bond acceptors (Lipinski definition) is 2. The van der Waals surface area contributed by atoms with Crippen LogP contribution in [0.2, 0.25) is 0 Å². The van der Waals surface area contributed by atoms with Gasteiger partial charge in [-0.25, -0.2) is 0 Å². The number of fused-ring (bicyclic) bond motifs is 1.